The van der Waals surface area contributed by atoms with Gasteiger partial charge < -0.3 is 9.84 Å². The molecule has 90 valence electrons. The largest absolute Gasteiger partial charge is 0.487 e. The van der Waals surface area contributed by atoms with Crippen LogP contribution in [0.3, 0.4) is 0 Å². The van der Waals surface area contributed by atoms with E-state index in [0.29, 0.717) is 17.9 Å². The maximum absolute atomic E-state index is 12.9. The molecule has 1 N–H and O–H groups in total. The van der Waals surface area contributed by atoms with E-state index >= 15 is 0 Å². The van der Waals surface area contributed by atoms with Crippen molar-refractivity contribution in [2.45, 2.75) is 20.1 Å². The summed E-state index contributed by atoms with van der Waals surface area (Å²) in [5, 5.41) is 12.0. The molecule has 0 spiro atoms. The van der Waals surface area contributed by atoms with Gasteiger partial charge >= 0.3 is 0 Å². The molecule has 1 heterocycles. The molecule has 5 heteroatoms. The van der Waals surface area contributed by atoms with Gasteiger partial charge in [-0.1, -0.05) is 0 Å². The summed E-state index contributed by atoms with van der Waals surface area (Å²) in [6, 6.07) is 4.09. The average molecular weight is 253 g/mol. The number of halogens is 1. The number of ether oxygens (including phenoxy) is 1. The van der Waals surface area contributed by atoms with Crippen LogP contribution in [0.4, 0.5) is 4.39 Å². The van der Waals surface area contributed by atoms with E-state index in [9.17, 15) is 4.39 Å². The molecule has 0 atom stereocenters. The molecule has 0 radical (unpaired) electrons. The zero-order valence-electron chi connectivity index (χ0n) is 9.31. The molecule has 0 amide bonds. The van der Waals surface area contributed by atoms with Crippen molar-refractivity contribution in [2.24, 2.45) is 0 Å². The third-order valence-corrected chi connectivity index (χ3v) is 3.06. The molecule has 0 bridgehead atoms. The molecule has 0 aliphatic heterocycles. The lowest BCUT2D eigenvalue weighted by atomic mass is 10.2. The Hall–Kier alpha value is -1.46. The number of aliphatic hydroxyl groups is 1. The Bertz CT molecular complexity index is 513. The third-order valence-electron chi connectivity index (χ3n) is 2.24. The maximum Gasteiger partial charge on any atom is 0.131 e. The van der Waals surface area contributed by atoms with Crippen molar-refractivity contribution in [3.8, 4) is 5.75 Å². The Morgan fingerprint density at radius 1 is 1.47 bits per heavy atom. The molecule has 0 aliphatic rings. The van der Waals surface area contributed by atoms with Crippen LogP contribution in [0.5, 0.6) is 5.75 Å². The Morgan fingerprint density at radius 3 is 2.94 bits per heavy atom. The summed E-state index contributed by atoms with van der Waals surface area (Å²) >= 11 is 1.55. The number of aryl methyl sites for hydroxylation is 1. The molecule has 1 aromatic carbocycles. The second-order valence-electron chi connectivity index (χ2n) is 3.56. The van der Waals surface area contributed by atoms with E-state index in [4.69, 9.17) is 9.84 Å². The molecule has 17 heavy (non-hydrogen) atoms. The van der Waals surface area contributed by atoms with Gasteiger partial charge in [0.25, 0.3) is 0 Å². The van der Waals surface area contributed by atoms with Gasteiger partial charge in [0.1, 0.15) is 18.2 Å². The highest BCUT2D eigenvalue weighted by molar-refractivity contribution is 7.09. The van der Waals surface area contributed by atoms with Gasteiger partial charge in [0.2, 0.25) is 0 Å². The van der Waals surface area contributed by atoms with E-state index in [1.807, 2.05) is 12.3 Å². The maximum atomic E-state index is 12.9. The summed E-state index contributed by atoms with van der Waals surface area (Å²) in [4.78, 5) is 4.26. The number of hydrogen-bond donors (Lipinski definition) is 1. The van der Waals surface area contributed by atoms with Gasteiger partial charge in [-0.25, -0.2) is 9.37 Å². The number of rotatable bonds is 4. The number of thiazole rings is 1. The summed E-state index contributed by atoms with van der Waals surface area (Å²) in [7, 11) is 0. The van der Waals surface area contributed by atoms with Crippen molar-refractivity contribution in [1.29, 1.82) is 0 Å². The highest BCUT2D eigenvalue weighted by Crippen LogP contribution is 2.21. The van der Waals surface area contributed by atoms with Crippen LogP contribution in [0, 0.1) is 12.7 Å². The molecule has 3 nitrogen and oxygen atoms in total. The zero-order valence-corrected chi connectivity index (χ0v) is 10.1. The second-order valence-corrected chi connectivity index (χ2v) is 4.62. The number of hydrogen-bond acceptors (Lipinski definition) is 4. The smallest absolute Gasteiger partial charge is 0.131 e. The van der Waals surface area contributed by atoms with Crippen LogP contribution in [0.2, 0.25) is 0 Å². The molecular weight excluding hydrogens is 241 g/mol. The summed E-state index contributed by atoms with van der Waals surface area (Å²) < 4.78 is 18.4. The molecule has 0 unspecified atom stereocenters. The van der Waals surface area contributed by atoms with Crippen molar-refractivity contribution in [3.05, 3.63) is 45.7 Å². The summed E-state index contributed by atoms with van der Waals surface area (Å²) in [6.45, 7) is 2.00. The fraction of sp³-hybridized carbons (Fsp3) is 0.250. The molecule has 0 saturated carbocycles. The number of aliphatic hydroxyl groups excluding tert-OH is 1. The number of aromatic nitrogens is 1. The minimum Gasteiger partial charge on any atom is -0.487 e. The van der Waals surface area contributed by atoms with Gasteiger partial charge in [0.05, 0.1) is 17.3 Å². The van der Waals surface area contributed by atoms with Crippen LogP contribution in [0.15, 0.2) is 23.6 Å². The van der Waals surface area contributed by atoms with Gasteiger partial charge in [-0.2, -0.15) is 0 Å². The van der Waals surface area contributed by atoms with Crippen LogP contribution in [-0.2, 0) is 13.2 Å². The molecule has 0 fully saturated rings. The quantitative estimate of drug-likeness (QED) is 0.910. The Kier molecular flexibility index (Phi) is 3.71. The predicted octanol–water partition coefficient (Wildman–Crippen LogP) is 2.66. The molecule has 0 aliphatic carbocycles. The SMILES string of the molecule is Cc1nc(COc2ccc(F)cc2CO)cs1. The Morgan fingerprint density at radius 2 is 2.29 bits per heavy atom. The lowest BCUT2D eigenvalue weighted by Gasteiger charge is -2.08. The van der Waals surface area contributed by atoms with E-state index in [1.165, 1.54) is 18.2 Å². The van der Waals surface area contributed by atoms with Crippen molar-refractivity contribution >= 4 is 11.3 Å². The molecule has 2 rings (SSSR count). The molecule has 0 saturated heterocycles. The Balaban J connectivity index is 2.08. The first-order valence-corrected chi connectivity index (χ1v) is 6.00. The topological polar surface area (TPSA) is 42.4 Å². The van der Waals surface area contributed by atoms with E-state index in [1.54, 1.807) is 11.3 Å². The van der Waals surface area contributed by atoms with Gasteiger partial charge in [-0.15, -0.1) is 11.3 Å². The predicted molar refractivity (Wildman–Crippen MR) is 63.5 cm³/mol. The standard InChI is InChI=1S/C12H12FNO2S/c1-8-14-11(7-17-8)6-16-12-3-2-10(13)4-9(12)5-15/h2-4,7,15H,5-6H2,1H3. The van der Waals surface area contributed by atoms with Gasteiger partial charge in [0, 0.05) is 10.9 Å². The van der Waals surface area contributed by atoms with Crippen molar-refractivity contribution in [1.82, 2.24) is 4.98 Å². The van der Waals surface area contributed by atoms with Gasteiger partial charge in [-0.05, 0) is 25.1 Å². The monoisotopic (exact) mass is 253 g/mol. The van der Waals surface area contributed by atoms with E-state index < -0.39 is 0 Å². The summed E-state index contributed by atoms with van der Waals surface area (Å²) in [6.07, 6.45) is 0. The first-order valence-electron chi connectivity index (χ1n) is 5.12. The third kappa shape index (κ3) is 3.01. The summed E-state index contributed by atoms with van der Waals surface area (Å²) in [5.74, 6) is 0.102. The summed E-state index contributed by atoms with van der Waals surface area (Å²) in [5.41, 5.74) is 1.28. The normalized spacial score (nSPS) is 10.5. The highest BCUT2D eigenvalue weighted by Gasteiger charge is 2.06. The van der Waals surface area contributed by atoms with Crippen molar-refractivity contribution in [2.75, 3.05) is 0 Å². The van der Waals surface area contributed by atoms with Gasteiger partial charge in [0.15, 0.2) is 0 Å². The Labute approximate surface area is 103 Å². The van der Waals surface area contributed by atoms with Crippen molar-refractivity contribution in [3.63, 3.8) is 0 Å². The van der Waals surface area contributed by atoms with E-state index in [0.717, 1.165) is 10.7 Å². The van der Waals surface area contributed by atoms with Crippen molar-refractivity contribution < 1.29 is 14.2 Å². The number of benzene rings is 1. The minimum atomic E-state index is -0.383. The first-order chi connectivity index (χ1) is 8.19. The molecular formula is C12H12FNO2S. The minimum absolute atomic E-state index is 0.247. The van der Waals surface area contributed by atoms with Crippen LogP contribution in [-0.4, -0.2) is 10.1 Å². The van der Waals surface area contributed by atoms with Crippen LogP contribution < -0.4 is 4.74 Å². The fourth-order valence-electron chi connectivity index (χ4n) is 1.44. The van der Waals surface area contributed by atoms with E-state index in [2.05, 4.69) is 4.98 Å². The van der Waals surface area contributed by atoms with Crippen LogP contribution >= 0.6 is 11.3 Å². The van der Waals surface area contributed by atoms with Gasteiger partial charge in [-0.3, -0.25) is 0 Å². The average Bonchev–Trinajstić information content (AvgIpc) is 2.73. The second kappa shape index (κ2) is 5.25. The lowest BCUT2D eigenvalue weighted by molar-refractivity contribution is 0.257. The fourth-order valence-corrected chi connectivity index (χ4v) is 2.04. The lowest BCUT2D eigenvalue weighted by Crippen LogP contribution is -1.99. The van der Waals surface area contributed by atoms with Crippen LogP contribution in [0.1, 0.15) is 16.3 Å². The number of nitrogens with zero attached hydrogens (tertiary/aromatic N) is 1. The first kappa shape index (κ1) is 12.0. The zero-order chi connectivity index (χ0) is 12.3. The van der Waals surface area contributed by atoms with Crippen LogP contribution in [0.25, 0.3) is 0 Å². The highest BCUT2D eigenvalue weighted by atomic mass is 32.1. The van der Waals surface area contributed by atoms with E-state index in [-0.39, 0.29) is 12.4 Å². The molecule has 2 aromatic rings. The molecule has 1 aromatic heterocycles.